The second kappa shape index (κ2) is 10.0. The number of aromatic nitrogens is 4. The molecule has 1 fully saturated rings. The van der Waals surface area contributed by atoms with Crippen LogP contribution in [0.2, 0.25) is 0 Å². The lowest BCUT2D eigenvalue weighted by Crippen LogP contribution is -2.45. The Labute approximate surface area is 199 Å². The van der Waals surface area contributed by atoms with E-state index in [9.17, 15) is 4.79 Å². The molecule has 0 radical (unpaired) electrons. The summed E-state index contributed by atoms with van der Waals surface area (Å²) < 4.78 is 11.4. The van der Waals surface area contributed by atoms with Crippen LogP contribution in [0.4, 0.5) is 4.79 Å². The average molecular weight is 468 g/mol. The zero-order valence-corrected chi connectivity index (χ0v) is 20.0. The van der Waals surface area contributed by atoms with Crippen LogP contribution in [0, 0.1) is 0 Å². The van der Waals surface area contributed by atoms with Gasteiger partial charge < -0.3 is 24.3 Å². The summed E-state index contributed by atoms with van der Waals surface area (Å²) in [5, 5.41) is 7.71. The van der Waals surface area contributed by atoms with Crippen LogP contribution in [0.1, 0.15) is 25.1 Å². The van der Waals surface area contributed by atoms with Gasteiger partial charge in [-0.1, -0.05) is 0 Å². The minimum Gasteiger partial charge on any atom is -0.492 e. The van der Waals surface area contributed by atoms with E-state index in [1.165, 1.54) is 0 Å². The molecule has 1 saturated heterocycles. The largest absolute Gasteiger partial charge is 0.492 e. The summed E-state index contributed by atoms with van der Waals surface area (Å²) in [6, 6.07) is 6.00. The molecular weight excluding hydrogens is 434 g/mol. The highest BCUT2D eigenvalue weighted by Crippen LogP contribution is 2.29. The number of rotatable bonds is 7. The summed E-state index contributed by atoms with van der Waals surface area (Å²) in [6.07, 6.45) is 0.761. The number of hydrogen-bond donors (Lipinski definition) is 2. The predicted octanol–water partition coefficient (Wildman–Crippen LogP) is 2.48. The fourth-order valence-electron chi connectivity index (χ4n) is 4.65. The van der Waals surface area contributed by atoms with Gasteiger partial charge in [0.1, 0.15) is 18.1 Å². The van der Waals surface area contributed by atoms with E-state index in [1.807, 2.05) is 41.8 Å². The van der Waals surface area contributed by atoms with Crippen molar-refractivity contribution < 1.29 is 14.3 Å². The smallest absolute Gasteiger partial charge is 0.320 e. The molecule has 0 atom stereocenters. The van der Waals surface area contributed by atoms with Crippen molar-refractivity contribution in [3.05, 3.63) is 29.5 Å². The van der Waals surface area contributed by atoms with Gasteiger partial charge in [0.2, 0.25) is 0 Å². The number of carbonyl (C=O) groups excluding carboxylic acids is 1. The van der Waals surface area contributed by atoms with Crippen molar-refractivity contribution in [3.8, 4) is 17.3 Å². The summed E-state index contributed by atoms with van der Waals surface area (Å²) in [5.41, 5.74) is 4.65. The van der Waals surface area contributed by atoms with Crippen molar-refractivity contribution in [3.63, 3.8) is 0 Å². The third-order valence-electron chi connectivity index (χ3n) is 6.70. The van der Waals surface area contributed by atoms with E-state index >= 15 is 0 Å². The molecule has 0 aliphatic carbocycles. The van der Waals surface area contributed by atoms with Gasteiger partial charge in [-0.15, -0.1) is 0 Å². The average Bonchev–Trinajstić information content (AvgIpc) is 3.48. The molecule has 182 valence electrons. The Hall–Kier alpha value is -3.11. The second-order valence-corrected chi connectivity index (χ2v) is 8.72. The standard InChI is InChI=1S/C24H33N7O3/c1-3-30(4-2)24(32)31-8-7-19-18(16-31)22(28-27-19)23-25-20-6-5-17(15-21(20)26-23)34-14-11-29-9-12-33-13-10-29/h5-6,15H,3-4,7-14,16H2,1-2H3,(H,25,26)(H,27,28). The highest BCUT2D eigenvalue weighted by molar-refractivity contribution is 5.81. The molecule has 0 spiro atoms. The van der Waals surface area contributed by atoms with Crippen molar-refractivity contribution in [2.75, 3.05) is 59.1 Å². The van der Waals surface area contributed by atoms with E-state index in [1.54, 1.807) is 0 Å². The fourth-order valence-corrected chi connectivity index (χ4v) is 4.65. The first-order chi connectivity index (χ1) is 16.7. The number of hydrogen-bond acceptors (Lipinski definition) is 6. The van der Waals surface area contributed by atoms with Crippen LogP contribution < -0.4 is 4.74 Å². The Balaban J connectivity index is 1.29. The fraction of sp³-hybridized carbons (Fsp3) is 0.542. The molecule has 4 heterocycles. The maximum absolute atomic E-state index is 12.9. The number of amides is 2. The minimum absolute atomic E-state index is 0.0753. The van der Waals surface area contributed by atoms with E-state index in [0.717, 1.165) is 73.0 Å². The third-order valence-corrected chi connectivity index (χ3v) is 6.70. The normalized spacial score (nSPS) is 16.6. The molecule has 10 heteroatoms. The Kier molecular flexibility index (Phi) is 6.68. The highest BCUT2D eigenvalue weighted by Gasteiger charge is 2.28. The third kappa shape index (κ3) is 4.60. The maximum Gasteiger partial charge on any atom is 0.320 e. The summed E-state index contributed by atoms with van der Waals surface area (Å²) >= 11 is 0. The van der Waals surface area contributed by atoms with Gasteiger partial charge in [0, 0.05) is 63.0 Å². The summed E-state index contributed by atoms with van der Waals surface area (Å²) in [6.45, 7) is 11.7. The van der Waals surface area contributed by atoms with Gasteiger partial charge in [0.25, 0.3) is 0 Å². The molecule has 3 aromatic rings. The lowest BCUT2D eigenvalue weighted by atomic mass is 10.1. The Bertz CT molecular complexity index is 1130. The van der Waals surface area contributed by atoms with E-state index in [0.29, 0.717) is 38.6 Å². The lowest BCUT2D eigenvalue weighted by molar-refractivity contribution is 0.0322. The van der Waals surface area contributed by atoms with Gasteiger partial charge in [-0.25, -0.2) is 9.78 Å². The van der Waals surface area contributed by atoms with Crippen LogP contribution in [-0.4, -0.2) is 100.0 Å². The zero-order chi connectivity index (χ0) is 23.5. The van der Waals surface area contributed by atoms with Crippen molar-refractivity contribution in [2.45, 2.75) is 26.8 Å². The number of nitrogens with zero attached hydrogens (tertiary/aromatic N) is 5. The SMILES string of the molecule is CCN(CC)C(=O)N1CCc2[nH]nc(-c3nc4cc(OCCN5CCOCC5)ccc4[nH]3)c2C1. The molecular formula is C24H33N7O3. The first kappa shape index (κ1) is 22.7. The zero-order valence-electron chi connectivity index (χ0n) is 20.0. The molecule has 2 amide bonds. The molecule has 0 unspecified atom stereocenters. The van der Waals surface area contributed by atoms with Gasteiger partial charge in [-0.3, -0.25) is 10.00 Å². The van der Waals surface area contributed by atoms with Crippen molar-refractivity contribution in [2.24, 2.45) is 0 Å². The van der Waals surface area contributed by atoms with Crippen LogP contribution in [0.25, 0.3) is 22.6 Å². The van der Waals surface area contributed by atoms with Crippen molar-refractivity contribution >= 4 is 17.1 Å². The number of ether oxygens (including phenoxy) is 2. The topological polar surface area (TPSA) is 103 Å². The number of fused-ring (bicyclic) bond motifs is 2. The second-order valence-electron chi connectivity index (χ2n) is 8.72. The number of benzene rings is 1. The van der Waals surface area contributed by atoms with Gasteiger partial charge in [-0.2, -0.15) is 5.10 Å². The highest BCUT2D eigenvalue weighted by atomic mass is 16.5. The summed E-state index contributed by atoms with van der Waals surface area (Å²) in [5.74, 6) is 1.51. The molecule has 2 aromatic heterocycles. The molecule has 1 aromatic carbocycles. The first-order valence-electron chi connectivity index (χ1n) is 12.2. The van der Waals surface area contributed by atoms with Crippen LogP contribution >= 0.6 is 0 Å². The number of aromatic amines is 2. The molecule has 5 rings (SSSR count). The quantitative estimate of drug-likeness (QED) is 0.554. The number of urea groups is 1. The number of imidazole rings is 1. The van der Waals surface area contributed by atoms with Gasteiger partial charge in [0.05, 0.1) is 30.8 Å². The number of carbonyl (C=O) groups is 1. The van der Waals surface area contributed by atoms with E-state index < -0.39 is 0 Å². The molecule has 34 heavy (non-hydrogen) atoms. The number of morpholine rings is 1. The van der Waals surface area contributed by atoms with Crippen LogP contribution in [0.3, 0.4) is 0 Å². The summed E-state index contributed by atoms with van der Waals surface area (Å²) in [7, 11) is 0. The lowest BCUT2D eigenvalue weighted by Gasteiger charge is -2.32. The molecule has 2 aliphatic rings. The van der Waals surface area contributed by atoms with Gasteiger partial charge in [-0.05, 0) is 26.0 Å². The predicted molar refractivity (Wildman–Crippen MR) is 129 cm³/mol. The Morgan fingerprint density at radius 3 is 2.82 bits per heavy atom. The maximum atomic E-state index is 12.9. The molecule has 10 nitrogen and oxygen atoms in total. The Morgan fingerprint density at radius 1 is 1.21 bits per heavy atom. The van der Waals surface area contributed by atoms with Crippen LogP contribution in [0.5, 0.6) is 5.75 Å². The number of H-pyrrole nitrogens is 2. The first-order valence-corrected chi connectivity index (χ1v) is 12.2. The van der Waals surface area contributed by atoms with Crippen LogP contribution in [0.15, 0.2) is 18.2 Å². The monoisotopic (exact) mass is 467 g/mol. The molecule has 2 N–H and O–H groups in total. The molecule has 0 bridgehead atoms. The van der Waals surface area contributed by atoms with Gasteiger partial charge in [0.15, 0.2) is 5.82 Å². The van der Waals surface area contributed by atoms with Crippen molar-refractivity contribution in [1.29, 1.82) is 0 Å². The van der Waals surface area contributed by atoms with E-state index in [2.05, 4.69) is 20.1 Å². The number of nitrogens with one attached hydrogen (secondary N) is 2. The van der Waals surface area contributed by atoms with Crippen LogP contribution in [-0.2, 0) is 17.7 Å². The Morgan fingerprint density at radius 2 is 2.03 bits per heavy atom. The molecule has 0 saturated carbocycles. The van der Waals surface area contributed by atoms with E-state index in [-0.39, 0.29) is 6.03 Å². The van der Waals surface area contributed by atoms with Crippen molar-refractivity contribution in [1.82, 2.24) is 34.9 Å². The molecule has 2 aliphatic heterocycles. The minimum atomic E-state index is 0.0753. The summed E-state index contributed by atoms with van der Waals surface area (Å²) in [4.78, 5) is 27.2. The van der Waals surface area contributed by atoms with E-state index in [4.69, 9.17) is 14.5 Å². The van der Waals surface area contributed by atoms with Gasteiger partial charge >= 0.3 is 6.03 Å².